The van der Waals surface area contributed by atoms with Gasteiger partial charge in [-0.1, -0.05) is 119 Å². The molecule has 0 aliphatic heterocycles. The van der Waals surface area contributed by atoms with Crippen molar-refractivity contribution in [3.63, 3.8) is 0 Å². The first kappa shape index (κ1) is 83.9. The summed E-state index contributed by atoms with van der Waals surface area (Å²) in [5.74, 6) is -10.7. The van der Waals surface area contributed by atoms with E-state index in [1.165, 1.54) is 0 Å². The first-order valence-electron chi connectivity index (χ1n) is 37.4. The number of ether oxygens (including phenoxy) is 16. The van der Waals surface area contributed by atoms with Crippen molar-refractivity contribution in [1.82, 2.24) is 0 Å². The fourth-order valence-corrected chi connectivity index (χ4v) is 13.0. The Kier molecular flexibility index (Phi) is 30.8. The van der Waals surface area contributed by atoms with E-state index in [9.17, 15) is 38.4 Å². The van der Waals surface area contributed by atoms with Gasteiger partial charge < -0.3 is 75.8 Å². The number of benzene rings is 8. The van der Waals surface area contributed by atoms with E-state index in [4.69, 9.17) is 75.8 Å². The molecule has 1 aliphatic carbocycles. The standard InChI is InChI=1S/C88H96O24/c1-13-97-77(89)45-105-69-41-70(106-46-78(90)98-14-2)62-37-61(69)85(57-29-21-53(9)22-30-57)63-38-64(72(108-48-80(92)100-16-4)42-71(63)107-47-79(91)99-15-3)87(59-33-25-55(11)26-34-59)67-40-68(76(112-52-84(96)104-20-8)44-75(67)111-51-83(95)103-19-7)88(60-35-27-56(12)28-36-60)66-39-65(86(62)58-31-23-54(10)24-32-58)73(109-49-81(93)101-17-5)43-74(66)110-50-82(94)102-18-6/h21-44,85-88H,13-20,45-52H2,1-12H3. The molecule has 0 atom stereocenters. The molecule has 24 heteroatoms. The highest BCUT2D eigenvalue weighted by atomic mass is 16.6. The third-order valence-corrected chi connectivity index (χ3v) is 17.9. The molecule has 0 radical (unpaired) electrons. The van der Waals surface area contributed by atoms with E-state index in [1.807, 2.05) is 149 Å². The van der Waals surface area contributed by atoms with Crippen LogP contribution in [-0.4, -0.2) is 153 Å². The zero-order valence-corrected chi connectivity index (χ0v) is 65.3. The van der Waals surface area contributed by atoms with Gasteiger partial charge >= 0.3 is 47.8 Å². The van der Waals surface area contributed by atoms with Gasteiger partial charge in [-0.2, -0.15) is 0 Å². The van der Waals surface area contributed by atoms with Crippen molar-refractivity contribution >= 4 is 47.8 Å². The second-order valence-corrected chi connectivity index (χ2v) is 25.8. The average molecular weight is 1540 g/mol. The number of fused-ring (bicyclic) bond motifs is 8. The molecule has 8 aromatic rings. The largest absolute Gasteiger partial charge is 0.481 e. The first-order valence-corrected chi connectivity index (χ1v) is 37.4. The van der Waals surface area contributed by atoms with Crippen molar-refractivity contribution in [2.75, 3.05) is 106 Å². The number of hydrogen-bond donors (Lipinski definition) is 0. The topological polar surface area (TPSA) is 284 Å². The van der Waals surface area contributed by atoms with Gasteiger partial charge in [0, 0.05) is 92.4 Å². The molecule has 0 amide bonds. The Morgan fingerprint density at radius 2 is 0.330 bits per heavy atom. The fourth-order valence-electron chi connectivity index (χ4n) is 13.0. The lowest BCUT2D eigenvalue weighted by molar-refractivity contribution is -0.146. The summed E-state index contributed by atoms with van der Waals surface area (Å²) in [6.45, 7) is 15.4. The van der Waals surface area contributed by atoms with E-state index in [-0.39, 0.29) is 98.9 Å². The molecule has 8 aromatic carbocycles. The van der Waals surface area contributed by atoms with E-state index < -0.39 is 124 Å². The smallest absolute Gasteiger partial charge is 0.344 e. The fraction of sp³-hybridized carbons (Fsp3) is 0.364. The summed E-state index contributed by atoms with van der Waals surface area (Å²) in [5.41, 5.74) is 7.96. The van der Waals surface area contributed by atoms with Crippen molar-refractivity contribution in [3.8, 4) is 46.0 Å². The van der Waals surface area contributed by atoms with Crippen molar-refractivity contribution in [3.05, 3.63) is 235 Å². The Bertz CT molecular complexity index is 3820. The number of aryl methyl sites for hydroxylation is 4. The lowest BCUT2D eigenvalue weighted by Gasteiger charge is -2.32. The van der Waals surface area contributed by atoms with Crippen LogP contribution in [0.3, 0.4) is 0 Å². The third kappa shape index (κ3) is 22.1. The Morgan fingerprint density at radius 3 is 0.446 bits per heavy atom. The summed E-state index contributed by atoms with van der Waals surface area (Å²) < 4.78 is 98.7. The maximum absolute atomic E-state index is 13.9. The van der Waals surface area contributed by atoms with E-state index in [1.54, 1.807) is 79.7 Å². The highest BCUT2D eigenvalue weighted by Gasteiger charge is 2.39. The molecular weight excluding hydrogens is 1440 g/mol. The Labute approximate surface area is 652 Å². The van der Waals surface area contributed by atoms with Crippen LogP contribution in [0, 0.1) is 27.7 Å². The number of carbonyl (C=O) groups is 8. The van der Waals surface area contributed by atoms with Gasteiger partial charge in [0.25, 0.3) is 0 Å². The summed E-state index contributed by atoms with van der Waals surface area (Å²) in [5, 5.41) is 0. The van der Waals surface area contributed by atoms with Crippen molar-refractivity contribution in [2.24, 2.45) is 0 Å². The number of esters is 8. The van der Waals surface area contributed by atoms with Gasteiger partial charge in [0.15, 0.2) is 52.9 Å². The Balaban J connectivity index is 1.66. The highest BCUT2D eigenvalue weighted by molar-refractivity contribution is 5.77. The molecule has 9 rings (SSSR count). The van der Waals surface area contributed by atoms with Crippen LogP contribution >= 0.6 is 0 Å². The van der Waals surface area contributed by atoms with Crippen LogP contribution < -0.4 is 37.9 Å². The van der Waals surface area contributed by atoms with Crippen molar-refractivity contribution < 1.29 is 114 Å². The maximum Gasteiger partial charge on any atom is 0.344 e. The van der Waals surface area contributed by atoms with Crippen LogP contribution in [0.15, 0.2) is 146 Å². The van der Waals surface area contributed by atoms with Gasteiger partial charge in [0.1, 0.15) is 46.0 Å². The molecule has 112 heavy (non-hydrogen) atoms. The quantitative estimate of drug-likeness (QED) is 0.0260. The van der Waals surface area contributed by atoms with Crippen molar-refractivity contribution in [2.45, 2.75) is 107 Å². The third-order valence-electron chi connectivity index (χ3n) is 17.9. The molecule has 0 aromatic heterocycles. The van der Waals surface area contributed by atoms with Gasteiger partial charge in [-0.05, 0) is 130 Å². The molecule has 24 nitrogen and oxygen atoms in total. The van der Waals surface area contributed by atoms with Crippen LogP contribution in [0.1, 0.15) is 168 Å². The predicted octanol–water partition coefficient (Wildman–Crippen LogP) is 13.5. The number of carbonyl (C=O) groups excluding carboxylic acids is 8. The maximum atomic E-state index is 13.9. The van der Waals surface area contributed by atoms with Gasteiger partial charge in [0.05, 0.1) is 52.9 Å². The summed E-state index contributed by atoms with van der Waals surface area (Å²) >= 11 is 0. The molecule has 0 saturated heterocycles. The Morgan fingerprint density at radius 1 is 0.205 bits per heavy atom. The second kappa shape index (κ2) is 41.1. The SMILES string of the molecule is CCOC(=O)COc1cc(OCC(=O)OCC)c2cc1C(c1ccc(C)cc1)c1cc(c(OCC(=O)OCC)cc1OCC(=O)OCC)C(c1ccc(C)cc1)c1cc(c(OCC(=O)OCC)cc1OCC(=O)OCC)C(c1ccc(C)cc1)c1cc(c(OCC(=O)OCC)cc1OCC(=O)OCC)C2c1ccc(C)cc1. The highest BCUT2D eigenvalue weighted by Crippen LogP contribution is 2.55. The molecule has 592 valence electrons. The van der Waals surface area contributed by atoms with E-state index in [2.05, 4.69) is 0 Å². The number of rotatable bonds is 36. The average Bonchev–Trinajstić information content (AvgIpc) is 0.734. The molecule has 8 bridgehead atoms. The second-order valence-electron chi connectivity index (χ2n) is 25.8. The Hall–Kier alpha value is -12.1. The minimum absolute atomic E-state index is 0.0000493. The van der Waals surface area contributed by atoms with E-state index in [0.717, 1.165) is 22.3 Å². The molecule has 0 fully saturated rings. The summed E-state index contributed by atoms with van der Waals surface area (Å²) in [4.78, 5) is 112. The van der Waals surface area contributed by atoms with Gasteiger partial charge in [-0.15, -0.1) is 0 Å². The van der Waals surface area contributed by atoms with E-state index in [0.29, 0.717) is 66.8 Å². The predicted molar refractivity (Wildman–Crippen MR) is 411 cm³/mol. The summed E-state index contributed by atoms with van der Waals surface area (Å²) in [7, 11) is 0. The summed E-state index contributed by atoms with van der Waals surface area (Å²) in [6, 6.07) is 43.8. The molecule has 0 N–H and O–H groups in total. The van der Waals surface area contributed by atoms with Gasteiger partial charge in [-0.25, -0.2) is 38.4 Å². The molecule has 0 spiro atoms. The van der Waals surface area contributed by atoms with Crippen LogP contribution in [0.2, 0.25) is 0 Å². The van der Waals surface area contributed by atoms with E-state index >= 15 is 0 Å². The number of hydrogen-bond acceptors (Lipinski definition) is 24. The molecule has 0 heterocycles. The lowest BCUT2D eigenvalue weighted by atomic mass is 9.75. The lowest BCUT2D eigenvalue weighted by Crippen LogP contribution is -2.22. The molecular formula is C88H96O24. The zero-order chi connectivity index (χ0) is 80.4. The molecule has 0 unspecified atom stereocenters. The van der Waals surface area contributed by atoms with Gasteiger partial charge in [0.2, 0.25) is 0 Å². The zero-order valence-electron chi connectivity index (χ0n) is 65.3. The molecule has 1 aliphatic rings. The monoisotopic (exact) mass is 1540 g/mol. The van der Waals surface area contributed by atoms with Crippen molar-refractivity contribution in [1.29, 1.82) is 0 Å². The summed E-state index contributed by atoms with van der Waals surface area (Å²) in [6.07, 6.45) is 0. The van der Waals surface area contributed by atoms with Crippen LogP contribution in [0.4, 0.5) is 0 Å². The van der Waals surface area contributed by atoms with Gasteiger partial charge in [-0.3, -0.25) is 0 Å². The minimum Gasteiger partial charge on any atom is -0.481 e. The van der Waals surface area contributed by atoms with Crippen LogP contribution in [-0.2, 0) is 76.3 Å². The van der Waals surface area contributed by atoms with Crippen LogP contribution in [0.5, 0.6) is 46.0 Å². The minimum atomic E-state index is -1.18. The normalized spacial score (nSPS) is 14.0. The first-order chi connectivity index (χ1) is 54.1. The van der Waals surface area contributed by atoms with Crippen LogP contribution in [0.25, 0.3) is 0 Å². The molecule has 0 saturated carbocycles.